The van der Waals surface area contributed by atoms with Crippen LogP contribution in [0.3, 0.4) is 0 Å². The fourth-order valence-corrected chi connectivity index (χ4v) is 22.2. The van der Waals surface area contributed by atoms with Crippen molar-refractivity contribution in [3.8, 4) is 84.8 Å². The predicted molar refractivity (Wildman–Crippen MR) is 500 cm³/mol. The van der Waals surface area contributed by atoms with Crippen molar-refractivity contribution in [2.75, 3.05) is 102 Å². The van der Waals surface area contributed by atoms with E-state index in [1.54, 1.807) is 68.8 Å². The summed E-state index contributed by atoms with van der Waals surface area (Å²) in [7, 11) is 6.26. The second kappa shape index (κ2) is 40.9. The normalized spacial score (nSPS) is 13.9. The van der Waals surface area contributed by atoms with E-state index in [2.05, 4.69) is 80.4 Å². The molecule has 0 atom stereocenters. The van der Waals surface area contributed by atoms with Crippen LogP contribution in [0.4, 0.5) is 22.7 Å². The number of aromatic hydroxyl groups is 3. The minimum absolute atomic E-state index is 0.00200. The molecule has 0 bridgehead atoms. The predicted octanol–water partition coefficient (Wildman–Crippen LogP) is 15.5. The van der Waals surface area contributed by atoms with Gasteiger partial charge >= 0.3 is 747 Å². The number of phenols is 3. The van der Waals surface area contributed by atoms with Crippen molar-refractivity contribution >= 4 is 169 Å². The molecule has 0 unspecified atom stereocenters. The van der Waals surface area contributed by atoms with Crippen LogP contribution in [0.5, 0.6) is 40.2 Å². The molecule has 4 aliphatic rings. The zero-order valence-corrected chi connectivity index (χ0v) is 77.5. The number of benzene rings is 8. The molecule has 6 amide bonds. The van der Waals surface area contributed by atoms with Crippen molar-refractivity contribution in [2.24, 2.45) is 0 Å². The number of likely N-dealkylation sites (N-methyl/N-ethyl adjacent to an activating group) is 2. The number of nitrogens with one attached hydrogen (secondary N) is 6. The number of anilines is 4. The van der Waals surface area contributed by atoms with Gasteiger partial charge in [0.05, 0.1) is 7.11 Å². The number of carboxylic acid groups (broad SMARTS) is 1. The number of rotatable bonds is 25. The number of phenolic OH excluding ortho intramolecular Hbond substituents is 3. The van der Waals surface area contributed by atoms with E-state index < -0.39 is 5.97 Å². The molecule has 0 spiro atoms. The molecule has 8 heterocycles. The number of nitrogens with zero attached hydrogens (tertiary/aromatic N) is 2. The summed E-state index contributed by atoms with van der Waals surface area (Å²) in [4.78, 5) is 94.0. The molecule has 4 aromatic heterocycles. The zero-order valence-electron chi connectivity index (χ0n) is 70.7. The third kappa shape index (κ3) is 21.1. The van der Waals surface area contributed by atoms with Crippen molar-refractivity contribution in [1.29, 1.82) is 0 Å². The number of aryl methyl sites for hydroxylation is 3. The van der Waals surface area contributed by atoms with Gasteiger partial charge in [0.1, 0.15) is 0 Å². The molecule has 0 aliphatic carbocycles. The molecule has 0 fully saturated rings. The van der Waals surface area contributed by atoms with Crippen LogP contribution >= 0.6 is 0 Å². The Hall–Kier alpha value is -12.5. The molecule has 23 nitrogen and oxygen atoms in total. The molecule has 27 heteroatoms. The molecule has 0 saturated heterocycles. The Morgan fingerprint density at radius 3 is 1.10 bits per heavy atom. The van der Waals surface area contributed by atoms with Gasteiger partial charge in [-0.05, 0) is 0 Å². The van der Waals surface area contributed by atoms with Crippen LogP contribution in [-0.4, -0.2) is 210 Å². The summed E-state index contributed by atoms with van der Waals surface area (Å²) in [5.41, 5.74) is 18.0. The average molecular weight is 1940 g/mol. The molecule has 0 radical (unpaired) electrons. The number of aromatic carboxylic acids is 1. The molecular formula is C98H94N8O15Se4. The van der Waals surface area contributed by atoms with Gasteiger partial charge in [0.15, 0.2) is 0 Å². The third-order valence-electron chi connectivity index (χ3n) is 21.6. The number of carbonyl (C=O) groups excluding carboxylic acids is 6. The van der Waals surface area contributed by atoms with Gasteiger partial charge < -0.3 is 0 Å². The quantitative estimate of drug-likeness (QED) is 0.0188. The first-order valence-corrected chi connectivity index (χ1v) is 47.3. The molecule has 12 aromatic rings. The maximum absolute atomic E-state index is 12.9. The summed E-state index contributed by atoms with van der Waals surface area (Å²) < 4.78 is 28.2. The topological polar surface area (TPSA) is 316 Å². The van der Waals surface area contributed by atoms with Crippen molar-refractivity contribution < 1.29 is 72.9 Å². The molecule has 125 heavy (non-hydrogen) atoms. The number of hydrogen-bond donors (Lipinski definition) is 10. The average Bonchev–Trinajstić information content (AvgIpc) is 1.65. The summed E-state index contributed by atoms with van der Waals surface area (Å²) in [6.45, 7) is 21.0. The van der Waals surface area contributed by atoms with Crippen LogP contribution < -0.4 is 50.8 Å². The van der Waals surface area contributed by atoms with Gasteiger partial charge in [0, 0.05) is 0 Å². The molecule has 4 aliphatic heterocycles. The monoisotopic (exact) mass is 1940 g/mol. The number of fused-ring (bicyclic) bond motifs is 4. The van der Waals surface area contributed by atoms with Crippen molar-refractivity contribution in [3.05, 3.63) is 257 Å². The molecular weight excluding hydrogens is 1840 g/mol. The van der Waals surface area contributed by atoms with Gasteiger partial charge in [0.25, 0.3) is 0 Å². The summed E-state index contributed by atoms with van der Waals surface area (Å²) in [5, 5.41) is 56.1. The van der Waals surface area contributed by atoms with E-state index in [0.717, 1.165) is 150 Å². The van der Waals surface area contributed by atoms with E-state index in [-0.39, 0.29) is 96.2 Å². The Labute approximate surface area is 748 Å². The number of ether oxygens (including phenoxy) is 4. The second-order valence-electron chi connectivity index (χ2n) is 29.2. The van der Waals surface area contributed by atoms with Crippen LogP contribution in [0.25, 0.3) is 91.1 Å². The van der Waals surface area contributed by atoms with Crippen molar-refractivity contribution in [1.82, 2.24) is 20.4 Å². The van der Waals surface area contributed by atoms with E-state index >= 15 is 0 Å². The van der Waals surface area contributed by atoms with Crippen LogP contribution in [-0.2, 0) is 19.2 Å². The molecule has 10 N–H and O–H groups in total. The Kier molecular flexibility index (Phi) is 29.5. The number of carboxylic acids is 1. The fraction of sp³-hybridized carbons (Fsp3) is 0.194. The van der Waals surface area contributed by atoms with Crippen molar-refractivity contribution in [2.45, 2.75) is 48.5 Å². The fourth-order valence-electron chi connectivity index (χ4n) is 14.7. The van der Waals surface area contributed by atoms with Crippen LogP contribution in [0.2, 0.25) is 0 Å². The standard InChI is InChI=1S/C29H33N3O4Se.C27H29N3O3Se.C22H17NO5Se.C20H15NO3Se/c1-6-32(7-2)13-12-30-28(33)24-16-21(37-18(24)3)17-25-23-10-8-19(14-26(23)31-29(25)34)22-11-9-20(35-4)15-27(22)36-5;1-4-30(5-2)13-12-28-26(32)23-15-21(34-17(23)3)16-24-22-11-8-19(14-25(22)29-27(24)33)18-6-9-20(31)10-7-18;1-11-16(22(26)27)9-14(29-11)10-17-15-5-3-12(7-18(15)23-21(17)25)13-4-6-19(24)20(8-13)28-2;1-24-19-10-13(5-7-18(19)22)12-4-6-15-16(11-14-3-2-8-25-14)20(23)21-17(15)9-12/h8-11,14-17H,6-7,12-13H2,1-5H3,(H,30,33)(H,31,34);6-11,14-16,31H,4-5,12-13H2,1-3H3,(H,28,32)(H,29,33);3-10,24H,1-2H3,(H,23,25)(H,26,27);2-11,22H,1H3,(H,21,23)/b25-17-;24-16-;17-10-;16-11-. The second-order valence-corrected chi connectivity index (χ2v) is 39.4. The zero-order chi connectivity index (χ0) is 88.9. The van der Waals surface area contributed by atoms with Gasteiger partial charge in [-0.2, -0.15) is 0 Å². The van der Waals surface area contributed by atoms with E-state index in [1.165, 1.54) is 18.7 Å². The van der Waals surface area contributed by atoms with Crippen molar-refractivity contribution in [3.63, 3.8) is 0 Å². The van der Waals surface area contributed by atoms with Crippen LogP contribution in [0, 0.1) is 20.8 Å². The number of methoxy groups -OCH3 is 4. The van der Waals surface area contributed by atoms with Gasteiger partial charge in [-0.25, -0.2) is 0 Å². The molecule has 0 saturated carbocycles. The van der Waals surface area contributed by atoms with Crippen LogP contribution in [0.1, 0.15) is 112 Å². The van der Waals surface area contributed by atoms with Gasteiger partial charge in [-0.1, -0.05) is 0 Å². The Bertz CT molecular complexity index is 6260. The Morgan fingerprint density at radius 2 is 0.728 bits per heavy atom. The van der Waals surface area contributed by atoms with Gasteiger partial charge in [0.2, 0.25) is 0 Å². The van der Waals surface area contributed by atoms with E-state index in [9.17, 15) is 54.0 Å². The summed E-state index contributed by atoms with van der Waals surface area (Å²) in [5.74, 6) is 1.00. The first-order valence-electron chi connectivity index (χ1n) is 40.4. The first kappa shape index (κ1) is 90.3. The van der Waals surface area contributed by atoms with Crippen LogP contribution in [0.15, 0.2) is 187 Å². The Balaban J connectivity index is 0.000000144. The van der Waals surface area contributed by atoms with Gasteiger partial charge in [-0.3, -0.25) is 0 Å². The third-order valence-corrected chi connectivity index (χ3v) is 29.6. The molecule has 8 aromatic carbocycles. The first-order chi connectivity index (χ1) is 60.3. The maximum atomic E-state index is 12.9. The number of carbonyl (C=O) groups is 7. The van der Waals surface area contributed by atoms with E-state index in [0.29, 0.717) is 95.3 Å². The van der Waals surface area contributed by atoms with Gasteiger partial charge in [-0.15, -0.1) is 0 Å². The molecule has 640 valence electrons. The Morgan fingerprint density at radius 1 is 0.384 bits per heavy atom. The van der Waals surface area contributed by atoms with E-state index in [4.69, 9.17) is 18.9 Å². The van der Waals surface area contributed by atoms with E-state index in [1.807, 2.05) is 166 Å². The summed E-state index contributed by atoms with van der Waals surface area (Å²) in [6.07, 6.45) is 7.60. The summed E-state index contributed by atoms with van der Waals surface area (Å²) in [6, 6.07) is 55.8. The summed E-state index contributed by atoms with van der Waals surface area (Å²) >= 11 is 0.205. The number of hydrogen-bond acceptors (Lipinski definition) is 16. The number of amides is 6. The minimum atomic E-state index is -0.942. The molecule has 16 rings (SSSR count). The SMILES string of the molecule is CCN(CC)CCNC(=O)c1cc(/C=C2\C(=O)Nc3cc(-c4ccc(O)cc4)ccc32)[se]c1C.CCN(CC)CCNC(=O)c1cc(/C=C2\C(=O)Nc3cc(-c4ccc(OC)cc4OC)ccc32)[se]c1C.COc1cc(-c2ccc3c(c2)NC(=O)/C3=C\c2cc(C(=O)O)c(C)[se]2)ccc1O.COc1cc(-c2ccc3c(c2)NC(=O)/C3=C\c2ccc[se]2)ccc1O.